The number of H-pyrrole nitrogens is 1. The molecule has 4 rings (SSSR count). The molecule has 28 heavy (non-hydrogen) atoms. The lowest BCUT2D eigenvalue weighted by Crippen LogP contribution is -2.28. The number of nitrogens with one attached hydrogen (secondary N) is 2. The van der Waals surface area contributed by atoms with Gasteiger partial charge in [0.25, 0.3) is 0 Å². The number of ether oxygens (including phenoxy) is 1. The Morgan fingerprint density at radius 3 is 2.89 bits per heavy atom. The fourth-order valence-electron chi connectivity index (χ4n) is 3.49. The lowest BCUT2D eigenvalue weighted by molar-refractivity contribution is -0.121. The second-order valence-electron chi connectivity index (χ2n) is 6.73. The highest BCUT2D eigenvalue weighted by atomic mass is 32.1. The van der Waals surface area contributed by atoms with Gasteiger partial charge in [0.1, 0.15) is 5.75 Å². The molecular weight excluding hydrogens is 370 g/mol. The molecule has 1 aromatic carbocycles. The summed E-state index contributed by atoms with van der Waals surface area (Å²) in [4.78, 5) is 15.9. The highest BCUT2D eigenvalue weighted by molar-refractivity contribution is 7.08. The predicted octanol–water partition coefficient (Wildman–Crippen LogP) is 4.38. The number of benzene rings is 1. The van der Waals surface area contributed by atoms with Crippen LogP contribution in [0.15, 0.2) is 65.7 Å². The molecule has 0 aliphatic heterocycles. The van der Waals surface area contributed by atoms with Crippen molar-refractivity contribution < 1.29 is 9.53 Å². The summed E-state index contributed by atoms with van der Waals surface area (Å²) < 4.78 is 7.41. The van der Waals surface area contributed by atoms with Crippen LogP contribution in [0.25, 0.3) is 10.9 Å². The molecule has 2 N–H and O–H groups in total. The number of aromatic amines is 1. The maximum atomic E-state index is 12.6. The van der Waals surface area contributed by atoms with Crippen LogP contribution in [0.1, 0.15) is 23.6 Å². The minimum atomic E-state index is 0.0265. The molecule has 1 amide bonds. The van der Waals surface area contributed by atoms with Crippen molar-refractivity contribution >= 4 is 28.1 Å². The SMILES string of the molecule is COc1ccc2[nH]cc(CCNC(=O)C[C@@H](c3ccsc3)n3cccc3)c2c1. The first-order valence-corrected chi connectivity index (χ1v) is 10.2. The van der Waals surface area contributed by atoms with Gasteiger partial charge in [0.15, 0.2) is 0 Å². The molecule has 5 nitrogen and oxygen atoms in total. The van der Waals surface area contributed by atoms with Gasteiger partial charge in [-0.1, -0.05) is 0 Å². The van der Waals surface area contributed by atoms with E-state index in [2.05, 4.69) is 31.7 Å². The zero-order valence-electron chi connectivity index (χ0n) is 15.7. The number of hydrogen-bond acceptors (Lipinski definition) is 3. The highest BCUT2D eigenvalue weighted by Crippen LogP contribution is 2.25. The van der Waals surface area contributed by atoms with E-state index in [-0.39, 0.29) is 11.9 Å². The molecule has 0 unspecified atom stereocenters. The van der Waals surface area contributed by atoms with E-state index in [0.717, 1.165) is 23.1 Å². The first-order chi connectivity index (χ1) is 13.7. The highest BCUT2D eigenvalue weighted by Gasteiger charge is 2.17. The molecular formula is C22H23N3O2S. The van der Waals surface area contributed by atoms with Crippen LogP contribution in [-0.4, -0.2) is 29.1 Å². The molecule has 3 aromatic heterocycles. The van der Waals surface area contributed by atoms with Gasteiger partial charge >= 0.3 is 0 Å². The molecule has 0 aliphatic carbocycles. The van der Waals surface area contributed by atoms with Gasteiger partial charge in [-0.25, -0.2) is 0 Å². The Balaban J connectivity index is 1.38. The lowest BCUT2D eigenvalue weighted by Gasteiger charge is -2.18. The number of rotatable bonds is 8. The maximum Gasteiger partial charge on any atom is 0.222 e. The Hall–Kier alpha value is -2.99. The van der Waals surface area contributed by atoms with Crippen LogP contribution >= 0.6 is 11.3 Å². The Morgan fingerprint density at radius 1 is 1.29 bits per heavy atom. The third kappa shape index (κ3) is 3.97. The second kappa shape index (κ2) is 8.35. The molecule has 144 valence electrons. The van der Waals surface area contributed by atoms with Crippen molar-refractivity contribution in [2.75, 3.05) is 13.7 Å². The first kappa shape index (κ1) is 18.4. The Kier molecular flexibility index (Phi) is 5.48. The summed E-state index contributed by atoms with van der Waals surface area (Å²) >= 11 is 1.65. The number of nitrogens with zero attached hydrogens (tertiary/aromatic N) is 1. The molecule has 0 radical (unpaired) electrons. The molecule has 6 heteroatoms. The number of amides is 1. The first-order valence-electron chi connectivity index (χ1n) is 9.30. The molecule has 3 heterocycles. The number of hydrogen-bond donors (Lipinski definition) is 2. The van der Waals surface area contributed by atoms with E-state index in [1.54, 1.807) is 18.4 Å². The summed E-state index contributed by atoms with van der Waals surface area (Å²) in [7, 11) is 1.67. The summed E-state index contributed by atoms with van der Waals surface area (Å²) in [5, 5.41) is 8.37. The minimum absolute atomic E-state index is 0.0265. The second-order valence-corrected chi connectivity index (χ2v) is 7.51. The number of thiophene rings is 1. The molecule has 0 aliphatic rings. The summed E-state index contributed by atoms with van der Waals surface area (Å²) in [6, 6.07) is 12.1. The van der Waals surface area contributed by atoms with Crippen molar-refractivity contribution in [3.8, 4) is 5.75 Å². The summed E-state index contributed by atoms with van der Waals surface area (Å²) in [6.07, 6.45) is 7.22. The minimum Gasteiger partial charge on any atom is -0.497 e. The predicted molar refractivity (Wildman–Crippen MR) is 113 cm³/mol. The monoisotopic (exact) mass is 393 g/mol. The Morgan fingerprint density at radius 2 is 2.14 bits per heavy atom. The zero-order chi connectivity index (χ0) is 19.3. The van der Waals surface area contributed by atoms with Crippen LogP contribution in [0.4, 0.5) is 0 Å². The van der Waals surface area contributed by atoms with Crippen LogP contribution in [0, 0.1) is 0 Å². The number of methoxy groups -OCH3 is 1. The molecule has 4 aromatic rings. The van der Waals surface area contributed by atoms with Gasteiger partial charge in [0, 0.05) is 36.0 Å². The standard InChI is InChI=1S/C22H23N3O2S/c1-27-18-4-5-20-19(12-18)16(14-24-20)6-8-23-22(26)13-21(17-7-11-28-15-17)25-9-2-3-10-25/h2-5,7,9-12,14-15,21,24H,6,8,13H2,1H3,(H,23,26)/t21-/m0/s1. The third-order valence-corrected chi connectivity index (χ3v) is 5.69. The van der Waals surface area contributed by atoms with Gasteiger partial charge in [-0.05, 0) is 64.7 Å². The number of fused-ring (bicyclic) bond motifs is 1. The smallest absolute Gasteiger partial charge is 0.222 e. The van der Waals surface area contributed by atoms with E-state index in [4.69, 9.17) is 4.74 Å². The molecule has 0 bridgehead atoms. The number of carbonyl (C=O) groups is 1. The van der Waals surface area contributed by atoms with E-state index in [1.807, 2.05) is 48.9 Å². The molecule has 0 saturated heterocycles. The van der Waals surface area contributed by atoms with Crippen LogP contribution in [0.2, 0.25) is 0 Å². The Bertz CT molecular complexity index is 1000. The van der Waals surface area contributed by atoms with Gasteiger partial charge in [-0.15, -0.1) is 0 Å². The van der Waals surface area contributed by atoms with Crippen molar-refractivity contribution in [3.05, 3.63) is 76.9 Å². The molecule has 0 spiro atoms. The fraction of sp³-hybridized carbons (Fsp3) is 0.227. The summed E-state index contributed by atoms with van der Waals surface area (Å²) in [5.74, 6) is 0.894. The topological polar surface area (TPSA) is 59.0 Å². The van der Waals surface area contributed by atoms with Crippen LogP contribution in [0.5, 0.6) is 5.75 Å². The molecule has 0 fully saturated rings. The normalized spacial score (nSPS) is 12.2. The lowest BCUT2D eigenvalue weighted by atomic mass is 10.1. The van der Waals surface area contributed by atoms with Gasteiger partial charge in [-0.3, -0.25) is 4.79 Å². The van der Waals surface area contributed by atoms with Crippen LogP contribution in [0.3, 0.4) is 0 Å². The largest absolute Gasteiger partial charge is 0.497 e. The average Bonchev–Trinajstić information content (AvgIpc) is 3.47. The van der Waals surface area contributed by atoms with Gasteiger partial charge in [0.2, 0.25) is 5.91 Å². The van der Waals surface area contributed by atoms with E-state index in [1.165, 1.54) is 11.1 Å². The molecule has 0 saturated carbocycles. The number of carbonyl (C=O) groups excluding carboxylic acids is 1. The van der Waals surface area contributed by atoms with E-state index in [0.29, 0.717) is 13.0 Å². The van der Waals surface area contributed by atoms with E-state index < -0.39 is 0 Å². The van der Waals surface area contributed by atoms with Gasteiger partial charge < -0.3 is 19.6 Å². The quantitative estimate of drug-likeness (QED) is 0.467. The zero-order valence-corrected chi connectivity index (χ0v) is 16.5. The van der Waals surface area contributed by atoms with Crippen molar-refractivity contribution in [2.24, 2.45) is 0 Å². The van der Waals surface area contributed by atoms with Crippen molar-refractivity contribution in [1.82, 2.24) is 14.9 Å². The van der Waals surface area contributed by atoms with Crippen molar-refractivity contribution in [1.29, 1.82) is 0 Å². The van der Waals surface area contributed by atoms with Gasteiger partial charge in [0.05, 0.1) is 19.6 Å². The fourth-order valence-corrected chi connectivity index (χ4v) is 4.20. The number of aromatic nitrogens is 2. The third-order valence-electron chi connectivity index (χ3n) is 4.99. The molecule has 1 atom stereocenters. The van der Waals surface area contributed by atoms with Crippen LogP contribution in [-0.2, 0) is 11.2 Å². The van der Waals surface area contributed by atoms with Gasteiger partial charge in [-0.2, -0.15) is 11.3 Å². The van der Waals surface area contributed by atoms with Crippen LogP contribution < -0.4 is 10.1 Å². The Labute approximate surface area is 168 Å². The maximum absolute atomic E-state index is 12.6. The summed E-state index contributed by atoms with van der Waals surface area (Å²) in [5.41, 5.74) is 3.42. The van der Waals surface area contributed by atoms with Crippen molar-refractivity contribution in [2.45, 2.75) is 18.9 Å². The average molecular weight is 394 g/mol. The van der Waals surface area contributed by atoms with E-state index >= 15 is 0 Å². The summed E-state index contributed by atoms with van der Waals surface area (Å²) in [6.45, 7) is 0.602. The van der Waals surface area contributed by atoms with E-state index in [9.17, 15) is 4.79 Å². The van der Waals surface area contributed by atoms with Crippen molar-refractivity contribution in [3.63, 3.8) is 0 Å².